The van der Waals surface area contributed by atoms with Gasteiger partial charge in [-0.1, -0.05) is 169 Å². The predicted molar refractivity (Wildman–Crippen MR) is 205 cm³/mol. The highest BCUT2D eigenvalue weighted by atomic mass is 79.9. The Bertz CT molecular complexity index is 893. The zero-order valence-electron chi connectivity index (χ0n) is 30.8. The van der Waals surface area contributed by atoms with E-state index < -0.39 is 0 Å². The van der Waals surface area contributed by atoms with Gasteiger partial charge in [-0.25, -0.2) is 0 Å². The van der Waals surface area contributed by atoms with Gasteiger partial charge in [-0.05, 0) is 92.3 Å². The van der Waals surface area contributed by atoms with Crippen LogP contribution in [-0.2, 0) is 9.53 Å². The molecule has 4 aliphatic carbocycles. The minimum atomic E-state index is 0.0185. The van der Waals surface area contributed by atoms with Crippen LogP contribution in [0.1, 0.15) is 207 Å². The first-order valence-electron chi connectivity index (χ1n) is 20.7. The summed E-state index contributed by atoms with van der Waals surface area (Å²) in [5.41, 5.74) is 0.821. The van der Waals surface area contributed by atoms with Crippen LogP contribution in [0.3, 0.4) is 0 Å². The van der Waals surface area contributed by atoms with Gasteiger partial charge in [-0.3, -0.25) is 4.79 Å². The van der Waals surface area contributed by atoms with E-state index in [4.69, 9.17) is 4.74 Å². The predicted octanol–water partition coefficient (Wildman–Crippen LogP) is 14.3. The van der Waals surface area contributed by atoms with Crippen molar-refractivity contribution in [1.29, 1.82) is 0 Å². The highest BCUT2D eigenvalue weighted by Crippen LogP contribution is 2.71. The van der Waals surface area contributed by atoms with Crippen molar-refractivity contribution in [1.82, 2.24) is 0 Å². The SMILES string of the molecule is CCCCCCCCCCCCCCC(=O)O[C@H]1CC[C@]2(C)C3CC[C@]4(C)C(CCCCCCCC)CCC4C3CC(Br)C2(Br)C1. The largest absolute Gasteiger partial charge is 0.462 e. The third-order valence-corrected chi connectivity index (χ3v) is 17.9. The van der Waals surface area contributed by atoms with E-state index in [0.717, 1.165) is 42.9 Å². The molecule has 0 aromatic carbocycles. The van der Waals surface area contributed by atoms with Crippen molar-refractivity contribution in [3.8, 4) is 0 Å². The second kappa shape index (κ2) is 19.2. The summed E-state index contributed by atoms with van der Waals surface area (Å²) >= 11 is 8.71. The number of rotatable bonds is 21. The summed E-state index contributed by atoms with van der Waals surface area (Å²) in [6, 6.07) is 0. The number of esters is 1. The first kappa shape index (κ1) is 39.2. The summed E-state index contributed by atoms with van der Waals surface area (Å²) in [6.45, 7) is 9.93. The molecule has 268 valence electrons. The lowest BCUT2D eigenvalue weighted by molar-refractivity contribution is -0.157. The van der Waals surface area contributed by atoms with Crippen LogP contribution in [-0.4, -0.2) is 21.2 Å². The Morgan fingerprint density at radius 2 is 1.26 bits per heavy atom. The number of carbonyl (C=O) groups is 1. The van der Waals surface area contributed by atoms with Crippen LogP contribution in [0.15, 0.2) is 0 Å². The van der Waals surface area contributed by atoms with Crippen molar-refractivity contribution in [2.24, 2.45) is 34.5 Å². The lowest BCUT2D eigenvalue weighted by atomic mass is 9.44. The fraction of sp³-hybridized carbons (Fsp3) is 0.976. The van der Waals surface area contributed by atoms with E-state index in [1.165, 1.54) is 154 Å². The summed E-state index contributed by atoms with van der Waals surface area (Å²) in [4.78, 5) is 13.4. The van der Waals surface area contributed by atoms with E-state index in [-0.39, 0.29) is 21.8 Å². The minimum absolute atomic E-state index is 0.0185. The van der Waals surface area contributed by atoms with Gasteiger partial charge >= 0.3 is 5.97 Å². The molecule has 2 nitrogen and oxygen atoms in total. The number of hydrogen-bond acceptors (Lipinski definition) is 2. The zero-order chi connectivity index (χ0) is 33.0. The molecule has 0 amide bonds. The topological polar surface area (TPSA) is 26.3 Å². The van der Waals surface area contributed by atoms with Crippen LogP contribution < -0.4 is 0 Å². The first-order chi connectivity index (χ1) is 22.2. The summed E-state index contributed by atoms with van der Waals surface area (Å²) < 4.78 is 6.23. The Labute approximate surface area is 303 Å². The minimum Gasteiger partial charge on any atom is -0.462 e. The molecule has 4 fully saturated rings. The molecule has 0 aromatic heterocycles. The van der Waals surface area contributed by atoms with Crippen molar-refractivity contribution < 1.29 is 9.53 Å². The van der Waals surface area contributed by atoms with Crippen molar-refractivity contribution in [3.05, 3.63) is 0 Å². The Kier molecular flexibility index (Phi) is 16.3. The van der Waals surface area contributed by atoms with Crippen LogP contribution in [0.2, 0.25) is 0 Å². The van der Waals surface area contributed by atoms with Crippen LogP contribution in [0.4, 0.5) is 0 Å². The van der Waals surface area contributed by atoms with E-state index in [0.29, 0.717) is 16.7 Å². The molecule has 4 rings (SSSR count). The monoisotopic (exact) mass is 768 g/mol. The molecule has 0 spiro atoms. The number of fused-ring (bicyclic) bond motifs is 5. The normalized spacial score (nSPS) is 37.0. The van der Waals surface area contributed by atoms with Crippen molar-refractivity contribution in [3.63, 3.8) is 0 Å². The van der Waals surface area contributed by atoms with E-state index >= 15 is 0 Å². The van der Waals surface area contributed by atoms with Gasteiger partial charge in [0.2, 0.25) is 0 Å². The van der Waals surface area contributed by atoms with Gasteiger partial charge in [0.05, 0.1) is 0 Å². The maximum atomic E-state index is 12.9. The molecular weight excluding hydrogens is 696 g/mol. The Balaban J connectivity index is 1.18. The lowest BCUT2D eigenvalue weighted by Crippen LogP contribution is -2.64. The molecular formula is C42H74Br2O2. The highest BCUT2D eigenvalue weighted by molar-refractivity contribution is 9.12. The van der Waals surface area contributed by atoms with Crippen molar-refractivity contribution >= 4 is 37.8 Å². The maximum Gasteiger partial charge on any atom is 0.306 e. The van der Waals surface area contributed by atoms with Crippen LogP contribution >= 0.6 is 31.9 Å². The summed E-state index contributed by atoms with van der Waals surface area (Å²) in [6.07, 6.45) is 36.8. The van der Waals surface area contributed by atoms with Crippen LogP contribution in [0, 0.1) is 34.5 Å². The number of hydrogen-bond donors (Lipinski definition) is 0. The molecule has 0 radical (unpaired) electrons. The average Bonchev–Trinajstić information content (AvgIpc) is 3.37. The number of unbranched alkanes of at least 4 members (excludes halogenated alkanes) is 16. The number of carbonyl (C=O) groups excluding carboxylic acids is 1. The Morgan fingerprint density at radius 3 is 1.87 bits per heavy atom. The molecule has 0 N–H and O–H groups in total. The van der Waals surface area contributed by atoms with Gasteiger partial charge in [-0.2, -0.15) is 0 Å². The Hall–Kier alpha value is 0.430. The van der Waals surface area contributed by atoms with Crippen molar-refractivity contribution in [2.45, 2.75) is 223 Å². The standard InChI is InChI=1S/C42H74Br2O2/c1-5-7-9-11-13-14-15-16-17-18-20-22-24-39(45)46-34-27-30-41(4)37-28-29-40(3)33(23-21-19-12-10-8-6-2)25-26-36(40)35(37)31-38(43)42(41,44)32-34/h33-38H,5-32H2,1-4H3/t33?,34-,35?,36?,37?,38?,40+,41+,42?/m0/s1. The smallest absolute Gasteiger partial charge is 0.306 e. The van der Waals surface area contributed by atoms with Crippen LogP contribution in [0.5, 0.6) is 0 Å². The summed E-state index contributed by atoms with van der Waals surface area (Å²) in [5, 5.41) is 0. The quantitative estimate of drug-likeness (QED) is 0.0660. The molecule has 4 aliphatic rings. The van der Waals surface area contributed by atoms with Crippen LogP contribution in [0.25, 0.3) is 0 Å². The molecule has 0 heterocycles. The molecule has 0 saturated heterocycles. The second-order valence-corrected chi connectivity index (χ2v) is 19.7. The second-order valence-electron chi connectivity index (χ2n) is 17.2. The molecule has 0 bridgehead atoms. The van der Waals surface area contributed by atoms with E-state index in [2.05, 4.69) is 59.6 Å². The van der Waals surface area contributed by atoms with E-state index in [9.17, 15) is 4.79 Å². The molecule has 0 aromatic rings. The summed E-state index contributed by atoms with van der Waals surface area (Å²) in [7, 11) is 0. The third-order valence-electron chi connectivity index (χ3n) is 14.3. The van der Waals surface area contributed by atoms with E-state index in [1.54, 1.807) is 0 Å². The van der Waals surface area contributed by atoms with Gasteiger partial charge in [0.15, 0.2) is 0 Å². The van der Waals surface area contributed by atoms with Gasteiger partial charge in [-0.15, -0.1) is 0 Å². The molecule has 6 unspecified atom stereocenters. The van der Waals surface area contributed by atoms with Crippen molar-refractivity contribution in [2.75, 3.05) is 0 Å². The van der Waals surface area contributed by atoms with E-state index in [1.807, 2.05) is 0 Å². The third kappa shape index (κ3) is 9.60. The Morgan fingerprint density at radius 1 is 0.696 bits per heavy atom. The lowest BCUT2D eigenvalue weighted by Gasteiger charge is -2.65. The molecule has 0 aliphatic heterocycles. The molecule has 46 heavy (non-hydrogen) atoms. The number of ether oxygens (including phenoxy) is 1. The summed E-state index contributed by atoms with van der Waals surface area (Å²) in [5.74, 6) is 3.54. The van der Waals surface area contributed by atoms with Gasteiger partial charge < -0.3 is 4.74 Å². The zero-order valence-corrected chi connectivity index (χ0v) is 34.0. The van der Waals surface area contributed by atoms with Gasteiger partial charge in [0, 0.05) is 22.0 Å². The van der Waals surface area contributed by atoms with Gasteiger partial charge in [0.1, 0.15) is 6.10 Å². The van der Waals surface area contributed by atoms with Gasteiger partial charge in [0.25, 0.3) is 0 Å². The first-order valence-corrected chi connectivity index (χ1v) is 22.4. The fourth-order valence-corrected chi connectivity index (χ4v) is 13.5. The molecule has 9 atom stereocenters. The number of alkyl halides is 2. The maximum absolute atomic E-state index is 12.9. The number of halogens is 2. The molecule has 4 heteroatoms. The highest BCUT2D eigenvalue weighted by Gasteiger charge is 2.66. The fourth-order valence-electron chi connectivity index (χ4n) is 11.4. The average molecular weight is 771 g/mol. The molecule has 4 saturated carbocycles.